The molecule has 0 unspecified atom stereocenters. The van der Waals surface area contributed by atoms with Gasteiger partial charge in [0.1, 0.15) is 61.2 Å². The van der Waals surface area contributed by atoms with E-state index in [4.69, 9.17) is 84.9 Å². The third-order valence-electron chi connectivity index (χ3n) is 32.6. The molecule has 36 atom stereocenters. The van der Waals surface area contributed by atoms with E-state index in [0.29, 0.717) is 43.2 Å². The molecule has 0 bridgehead atoms. The van der Waals surface area contributed by atoms with Crippen LogP contribution >= 0.6 is 11.8 Å². The number of benzene rings is 1. The predicted octanol–water partition coefficient (Wildman–Crippen LogP) is 16.1. The van der Waals surface area contributed by atoms with Crippen molar-refractivity contribution >= 4 is 46.4 Å². The highest BCUT2D eigenvalue weighted by Gasteiger charge is 2.63. The molecule has 0 spiro atoms. The Morgan fingerprint density at radius 2 is 1.04 bits per heavy atom. The van der Waals surface area contributed by atoms with Crippen LogP contribution in [0.4, 0.5) is 0 Å². The van der Waals surface area contributed by atoms with Gasteiger partial charge >= 0.3 is 17.9 Å². The number of carbonyl (C=O) groups excluding carboxylic acids is 6. The average Bonchev–Trinajstić information content (AvgIpc) is 1.57. The van der Waals surface area contributed by atoms with E-state index in [9.17, 15) is 28.8 Å². The number of thioether (sulfide) groups is 1. The molecule has 0 N–H and O–H groups in total. The van der Waals surface area contributed by atoms with Crippen LogP contribution in [0.1, 0.15) is 215 Å². The molecule has 16 rings (SSSR count). The number of nitrogens with zero attached hydrogens (tertiary/aromatic N) is 2. The first-order valence-electron chi connectivity index (χ1n) is 50.0. The van der Waals surface area contributed by atoms with Gasteiger partial charge in [-0.15, -0.1) is 0 Å². The summed E-state index contributed by atoms with van der Waals surface area (Å²) in [6, 6.07) is 12.7. The van der Waals surface area contributed by atoms with E-state index in [-0.39, 0.29) is 229 Å². The quantitative estimate of drug-likeness (QED) is 0.0408. The summed E-state index contributed by atoms with van der Waals surface area (Å²) in [5.41, 5.74) is 5.57. The number of fused-ring (bicyclic) bond motifs is 10. The average molecular weight is 1870 g/mol. The van der Waals surface area contributed by atoms with Gasteiger partial charge in [-0.2, -0.15) is 0 Å². The van der Waals surface area contributed by atoms with E-state index < -0.39 is 24.8 Å². The summed E-state index contributed by atoms with van der Waals surface area (Å²) in [7, 11) is 18.3. The van der Waals surface area contributed by atoms with Gasteiger partial charge in [-0.1, -0.05) is 126 Å². The summed E-state index contributed by atoms with van der Waals surface area (Å²) in [5, 5.41) is 0.152. The molecule has 7 aliphatic heterocycles. The fourth-order valence-electron chi connectivity index (χ4n) is 25.1. The lowest BCUT2D eigenvalue weighted by atomic mass is 9.67. The van der Waals surface area contributed by atoms with Crippen molar-refractivity contribution in [1.82, 2.24) is 9.80 Å². The lowest BCUT2D eigenvalue weighted by Crippen LogP contribution is -2.59. The van der Waals surface area contributed by atoms with Gasteiger partial charge in [0.2, 0.25) is 5.12 Å². The first-order valence-corrected chi connectivity index (χ1v) is 50.9. The summed E-state index contributed by atoms with van der Waals surface area (Å²) in [4.78, 5) is 85.3. The second-order valence-corrected chi connectivity index (χ2v) is 42.6. The molecule has 14 aliphatic rings. The van der Waals surface area contributed by atoms with Crippen LogP contribution in [0.5, 0.6) is 0 Å². The second-order valence-electron chi connectivity index (χ2n) is 41.6. The maximum absolute atomic E-state index is 14.7. The molecule has 1 aromatic carbocycles. The largest absolute Gasteiger partial charge is 0.469 e. The number of rotatable bonds is 24. The first-order chi connectivity index (χ1) is 63.8. The molecule has 27 heteroatoms. The van der Waals surface area contributed by atoms with Crippen LogP contribution in [0.15, 0.2) is 106 Å². The minimum atomic E-state index is -0.598. The second kappa shape index (κ2) is 46.2. The van der Waals surface area contributed by atoms with Gasteiger partial charge in [0.25, 0.3) is 0 Å². The van der Waals surface area contributed by atoms with Gasteiger partial charge in [-0.25, -0.2) is 0 Å². The molecule has 0 radical (unpaired) electrons. The van der Waals surface area contributed by atoms with E-state index in [1.54, 1.807) is 48.9 Å². The molecular weight excluding hydrogens is 1720 g/mol. The van der Waals surface area contributed by atoms with Crippen molar-refractivity contribution in [1.29, 1.82) is 0 Å². The van der Waals surface area contributed by atoms with E-state index in [1.165, 1.54) is 22.9 Å². The standard InChI is InChI=1S/C42H67NO10.C41H65NO10.C23H24O4S/c1-11-26-13-12-14-35(53-37-16-15-34(43(6)7)24(4)49-37)23(3)38(45)33-20-31-29(32(33)21-36(44)51-26)17-22(2)28-18-27(19-30(28)31)52-42-41(48-10)40(47-9)39(46-8)25(5)50-42;1-10-26-12-11-13-34(52-36-17-16-33(42(5)6)23(3)48-36)22(2)37(44)32-20-30-28(31(32)21-35(43)50-26)15-14-25-18-27(19-29(25)30)51-41-40(47-9)39(46-8)38(45-7)24(4)49-41;1-23(2)19(12-17-8-9-28-22(17)25)20(23)21(24)27-14-16-11-18(26-13-16)10-15-6-4-3-5-7-15/h17,20,23-32,34-35,37,39-42H,11-16,18-19,21H2,1-10H3;14-15,20,22-31,33-34,36,38-41H,10-13,16-19,21H2,1-9H3;3-7,11-13,19-20H,8-10,14H2,1-2H3/b;;17-12+/t23-,24-,25+,26+,27-,28+,29-,30-,31-,32+,34+,35+,37+,39+,40-,41-,42+;22-,23-,24+,25-,26+,27-,28-,29-,30-,31+,33+,34+,36+,38+,39-,40-,41+;19-,20-/m111/s1. The highest BCUT2D eigenvalue weighted by atomic mass is 32.2. The Balaban J connectivity index is 0.000000168. The zero-order chi connectivity index (χ0) is 95.1. The summed E-state index contributed by atoms with van der Waals surface area (Å²) in [6.07, 6.45) is 24.6. The van der Waals surface area contributed by atoms with Gasteiger partial charge in [-0.05, 0) is 253 Å². The minimum absolute atomic E-state index is 0.0364. The number of methoxy groups -OCH3 is 6. The number of ketones is 2. The maximum atomic E-state index is 14.7. The smallest absolute Gasteiger partial charge is 0.310 e. The van der Waals surface area contributed by atoms with Crippen molar-refractivity contribution in [3.8, 4) is 0 Å². The monoisotopic (exact) mass is 1870 g/mol. The topological polar surface area (TPSA) is 279 Å². The fourth-order valence-corrected chi connectivity index (χ4v) is 25.9. The van der Waals surface area contributed by atoms with Crippen molar-refractivity contribution in [2.24, 2.45) is 88.3 Å². The molecule has 10 fully saturated rings. The lowest BCUT2D eigenvalue weighted by molar-refractivity contribution is -0.314. The molecule has 2 aromatic rings. The Labute approximate surface area is 794 Å². The zero-order valence-corrected chi connectivity index (χ0v) is 83.8. The summed E-state index contributed by atoms with van der Waals surface area (Å²) < 4.78 is 110. The molecule has 740 valence electrons. The van der Waals surface area contributed by atoms with Gasteiger partial charge in [0.15, 0.2) is 36.7 Å². The number of Topliss-reactive ketones (excluding diaryl/α,β-unsaturated/α-hetero) is 2. The number of hydrogen-bond acceptors (Lipinski definition) is 27. The molecular formula is C106H156N2O24S. The highest BCUT2D eigenvalue weighted by Crippen LogP contribution is 2.62. The third kappa shape index (κ3) is 23.7. The molecule has 26 nitrogen and oxygen atoms in total. The number of allylic oxidation sites excluding steroid dienone is 9. The SMILES string of the molecule is CC1(C)[C@H](/C=C2\CCSC2=O)[C@@H]1C(=O)OCc1coc(Cc2ccccc2)c1.CC[C@H]1CCC[C@H](O[C@H]2CC[C@H](N(C)C)[C@@H](C)O2)[C@@H](C)C(=O)C2=C[C@@H]3[C@@H](C=C(C)[C@@H]4C[C@@H](O[C@@H]5O[C@@H](C)[C@H](OC)[C@@H](OC)[C@H]5OC)C[C@@H]34)[C@@H]2CC(=O)O1.CC[C@H]1CCC[C@H](O[C@H]2CC[C@H](N(C)C)[C@@H](C)O2)[C@@H](C)C(=O)C2=C[C@@H]3[C@@H](C=C[C@@H]4C[C@@H](O[C@@H]5O[C@@H](C)[C@H](OC)[C@@H](OC)[C@H]5OC)C[C@@H]34)[C@@H]2CC(=O)O1. The molecule has 7 aliphatic carbocycles. The van der Waals surface area contributed by atoms with Gasteiger partial charge in [0, 0.05) is 102 Å². The number of cyclic esters (lactones) is 2. The van der Waals surface area contributed by atoms with Crippen LogP contribution in [-0.2, 0) is 122 Å². The first kappa shape index (κ1) is 103. The van der Waals surface area contributed by atoms with Crippen LogP contribution in [0.2, 0.25) is 0 Å². The van der Waals surface area contributed by atoms with Crippen molar-refractivity contribution in [3.63, 3.8) is 0 Å². The fraction of sp³-hybridized carbons (Fsp3) is 0.755. The van der Waals surface area contributed by atoms with Crippen LogP contribution in [0.3, 0.4) is 0 Å². The van der Waals surface area contributed by atoms with Crippen LogP contribution < -0.4 is 0 Å². The third-order valence-corrected chi connectivity index (χ3v) is 33.6. The number of likely N-dealkylation sites (N-methyl/N-ethyl adjacent to an activating group) is 2. The molecule has 3 saturated carbocycles. The Morgan fingerprint density at radius 1 is 0.534 bits per heavy atom. The number of esters is 3. The number of hydrogen-bond donors (Lipinski definition) is 0. The zero-order valence-electron chi connectivity index (χ0n) is 82.9. The Morgan fingerprint density at radius 3 is 1.53 bits per heavy atom. The predicted molar refractivity (Wildman–Crippen MR) is 502 cm³/mol. The normalized spacial score (nSPS) is 41.1. The van der Waals surface area contributed by atoms with E-state index in [0.717, 1.165) is 130 Å². The highest BCUT2D eigenvalue weighted by molar-refractivity contribution is 8.14. The summed E-state index contributed by atoms with van der Waals surface area (Å²) in [5.74, 6) is 1.42. The van der Waals surface area contributed by atoms with E-state index >= 15 is 0 Å². The maximum Gasteiger partial charge on any atom is 0.310 e. The van der Waals surface area contributed by atoms with Crippen molar-refractivity contribution in [2.45, 2.75) is 346 Å². The molecule has 133 heavy (non-hydrogen) atoms. The number of carbonyl (C=O) groups is 6. The molecule has 7 saturated heterocycles. The number of ether oxygens (including phenoxy) is 17. The Hall–Kier alpha value is -5.67. The molecule has 8 heterocycles. The van der Waals surface area contributed by atoms with Gasteiger partial charge in [0.05, 0.1) is 73.9 Å². The number of furan rings is 1. The van der Waals surface area contributed by atoms with Crippen LogP contribution in [0.25, 0.3) is 0 Å². The Kier molecular flexibility index (Phi) is 35.8. The lowest BCUT2D eigenvalue weighted by Gasteiger charge is -2.44. The van der Waals surface area contributed by atoms with Crippen LogP contribution in [0, 0.1) is 88.3 Å². The van der Waals surface area contributed by atoms with Crippen molar-refractivity contribution in [2.75, 3.05) is 76.6 Å². The molecule has 1 aromatic heterocycles. The van der Waals surface area contributed by atoms with E-state index in [1.807, 2.05) is 58.0 Å². The summed E-state index contributed by atoms with van der Waals surface area (Å²) >= 11 is 1.36. The van der Waals surface area contributed by atoms with Gasteiger partial charge in [-0.3, -0.25) is 28.8 Å². The van der Waals surface area contributed by atoms with Crippen molar-refractivity contribution in [3.05, 3.63) is 118 Å². The van der Waals surface area contributed by atoms with Crippen LogP contribution in [-0.4, -0.2) is 256 Å². The molecule has 0 amide bonds. The van der Waals surface area contributed by atoms with Crippen molar-refractivity contribution < 1.29 is 114 Å². The summed E-state index contributed by atoms with van der Waals surface area (Å²) in [6.45, 7) is 22.9. The van der Waals surface area contributed by atoms with E-state index in [2.05, 4.69) is 129 Å². The van der Waals surface area contributed by atoms with Gasteiger partial charge < -0.3 is 94.7 Å². The minimum Gasteiger partial charge on any atom is -0.469 e. The Bertz CT molecular complexity index is 4390.